The number of hydrogen-bond donors (Lipinski definition) is 0. The van der Waals surface area contributed by atoms with Crippen LogP contribution in [0.5, 0.6) is 0 Å². The second kappa shape index (κ2) is 9.59. The zero-order valence-corrected chi connectivity index (χ0v) is 25.7. The number of aromatic nitrogens is 3. The van der Waals surface area contributed by atoms with Crippen LogP contribution < -0.4 is 4.57 Å². The second-order valence-corrected chi connectivity index (χ2v) is 12.5. The number of aryl methyl sites for hydroxylation is 2. The Labute approximate surface area is 247 Å². The van der Waals surface area contributed by atoms with E-state index in [4.69, 9.17) is 10.2 Å². The third kappa shape index (κ3) is 3.76. The Balaban J connectivity index is 1.67. The van der Waals surface area contributed by atoms with Gasteiger partial charge in [0.25, 0.3) is 5.82 Å². The lowest BCUT2D eigenvalue weighted by molar-refractivity contribution is -0.633. The lowest BCUT2D eigenvalue weighted by Gasteiger charge is -2.21. The van der Waals surface area contributed by atoms with Gasteiger partial charge in [0.1, 0.15) is 23.7 Å². The van der Waals surface area contributed by atoms with Crippen LogP contribution in [0.1, 0.15) is 82.9 Å². The highest BCUT2D eigenvalue weighted by molar-refractivity contribution is 6.18. The molecular weight excluding hydrogens is 518 g/mol. The van der Waals surface area contributed by atoms with Crippen molar-refractivity contribution in [2.45, 2.75) is 66.2 Å². The van der Waals surface area contributed by atoms with Crippen molar-refractivity contribution in [2.75, 3.05) is 0 Å². The van der Waals surface area contributed by atoms with Crippen LogP contribution in [-0.4, -0.2) is 9.55 Å². The average Bonchev–Trinajstić information content (AvgIpc) is 3.62. The van der Waals surface area contributed by atoms with Crippen molar-refractivity contribution in [3.8, 4) is 17.1 Å². The van der Waals surface area contributed by atoms with Gasteiger partial charge in [0, 0.05) is 16.5 Å². The molecule has 0 atom stereocenters. The molecule has 0 aliphatic heterocycles. The molecule has 5 nitrogen and oxygen atoms in total. The molecule has 0 N–H and O–H groups in total. The normalized spacial score (nSPS) is 12.8. The molecule has 0 aliphatic carbocycles. The van der Waals surface area contributed by atoms with E-state index >= 15 is 0 Å². The number of imidazole rings is 1. The number of rotatable bonds is 5. The molecule has 0 fully saturated rings. The summed E-state index contributed by atoms with van der Waals surface area (Å²) in [5.41, 5.74) is 12.6. The highest BCUT2D eigenvalue weighted by Crippen LogP contribution is 2.43. The monoisotopic (exact) mass is 557 g/mol. The molecule has 3 heterocycles. The van der Waals surface area contributed by atoms with Gasteiger partial charge < -0.3 is 8.83 Å². The predicted molar refractivity (Wildman–Crippen MR) is 172 cm³/mol. The molecule has 7 aromatic rings. The van der Waals surface area contributed by atoms with Crippen molar-refractivity contribution in [2.24, 2.45) is 7.05 Å². The van der Waals surface area contributed by atoms with Gasteiger partial charge in [-0.25, -0.2) is 9.55 Å². The molecule has 0 unspecified atom stereocenters. The Morgan fingerprint density at radius 3 is 2.24 bits per heavy atom. The van der Waals surface area contributed by atoms with Gasteiger partial charge in [0.05, 0.1) is 12.4 Å². The van der Waals surface area contributed by atoms with Crippen molar-refractivity contribution < 1.29 is 14.8 Å². The zero-order chi connectivity index (χ0) is 30.3. The first-order chi connectivity index (χ1) is 20.6. The standard InChI is InChI=1S/C37H38N3O2/c1-20(2)24-17-26(21(3)4)35(27(18-24)22(5)6)40-29-12-10-9-11-28(29)39(8)37(40)32-23(7)13-14-25-33-30(42-36(25)32)15-16-31-34(33)38-19-41-31/h9-22H,1-8H3/q+1/i19D. The predicted octanol–water partition coefficient (Wildman–Crippen LogP) is 9.84. The van der Waals surface area contributed by atoms with E-state index in [-0.39, 0.29) is 6.37 Å². The third-order valence-corrected chi connectivity index (χ3v) is 8.83. The highest BCUT2D eigenvalue weighted by Gasteiger charge is 2.34. The lowest BCUT2D eigenvalue weighted by Crippen LogP contribution is -2.30. The fraction of sp³-hybridized carbons (Fsp3) is 0.297. The van der Waals surface area contributed by atoms with Crippen LogP contribution in [0.15, 0.2) is 75.9 Å². The molecule has 3 aromatic heterocycles. The summed E-state index contributed by atoms with van der Waals surface area (Å²) in [5, 5.41) is 1.85. The smallest absolute Gasteiger partial charge is 0.299 e. The van der Waals surface area contributed by atoms with E-state index in [0.29, 0.717) is 28.9 Å². The summed E-state index contributed by atoms with van der Waals surface area (Å²) in [5.74, 6) is 2.16. The summed E-state index contributed by atoms with van der Waals surface area (Å²) >= 11 is 0. The topological polar surface area (TPSA) is 48.0 Å². The molecule has 0 spiro atoms. The highest BCUT2D eigenvalue weighted by atomic mass is 16.3. The largest absolute Gasteiger partial charge is 0.455 e. The maximum Gasteiger partial charge on any atom is 0.299 e. The van der Waals surface area contributed by atoms with Gasteiger partial charge in [-0.1, -0.05) is 77.9 Å². The van der Waals surface area contributed by atoms with E-state index in [2.05, 4.69) is 118 Å². The maximum absolute atomic E-state index is 8.02. The molecule has 7 rings (SSSR count). The van der Waals surface area contributed by atoms with Gasteiger partial charge in [-0.05, 0) is 60.1 Å². The van der Waals surface area contributed by atoms with Crippen LogP contribution in [0, 0.1) is 6.92 Å². The van der Waals surface area contributed by atoms with Crippen LogP contribution in [-0.2, 0) is 7.05 Å². The number of para-hydroxylation sites is 2. The van der Waals surface area contributed by atoms with Gasteiger partial charge in [-0.3, -0.25) is 0 Å². The van der Waals surface area contributed by atoms with E-state index in [1.54, 1.807) is 0 Å². The number of furan rings is 1. The summed E-state index contributed by atoms with van der Waals surface area (Å²) in [4.78, 5) is 4.42. The van der Waals surface area contributed by atoms with Crippen molar-refractivity contribution in [1.29, 1.82) is 0 Å². The lowest BCUT2D eigenvalue weighted by atomic mass is 9.87. The number of benzene rings is 4. The molecule has 212 valence electrons. The molecule has 0 radical (unpaired) electrons. The van der Waals surface area contributed by atoms with Gasteiger partial charge in [-0.15, -0.1) is 0 Å². The molecule has 42 heavy (non-hydrogen) atoms. The van der Waals surface area contributed by atoms with Crippen LogP contribution in [0.4, 0.5) is 0 Å². The first-order valence-corrected chi connectivity index (χ1v) is 15.0. The first-order valence-electron chi connectivity index (χ1n) is 15.5. The van der Waals surface area contributed by atoms with Crippen molar-refractivity contribution in [1.82, 2.24) is 9.55 Å². The van der Waals surface area contributed by atoms with Gasteiger partial charge in [0.2, 0.25) is 0 Å². The molecule has 0 saturated heterocycles. The number of oxazole rings is 1. The van der Waals surface area contributed by atoms with Crippen LogP contribution in [0.3, 0.4) is 0 Å². The number of hydrogen-bond acceptors (Lipinski definition) is 3. The zero-order valence-electron chi connectivity index (χ0n) is 26.7. The SMILES string of the molecule is [2H]c1nc2c(ccc3oc4c(-c5n(-c6c(C(C)C)cc(C(C)C)cc6C(C)C)c6ccccc6[n+]5C)c(C)ccc4c32)o1. The first kappa shape index (κ1) is 25.3. The summed E-state index contributed by atoms with van der Waals surface area (Å²) in [6, 6.07) is 21.6. The van der Waals surface area contributed by atoms with E-state index in [9.17, 15) is 0 Å². The average molecular weight is 558 g/mol. The van der Waals surface area contributed by atoms with E-state index in [1.165, 1.54) is 22.4 Å². The minimum atomic E-state index is -0.0945. The Bertz CT molecular complexity index is 2180. The van der Waals surface area contributed by atoms with Crippen LogP contribution in [0.25, 0.3) is 61.1 Å². The summed E-state index contributed by atoms with van der Waals surface area (Å²) in [7, 11) is 2.16. The Morgan fingerprint density at radius 2 is 1.55 bits per heavy atom. The molecule has 0 amide bonds. The molecule has 0 saturated carbocycles. The van der Waals surface area contributed by atoms with Crippen molar-refractivity contribution >= 4 is 44.1 Å². The van der Waals surface area contributed by atoms with E-state index < -0.39 is 0 Å². The van der Waals surface area contributed by atoms with Gasteiger partial charge >= 0.3 is 0 Å². The van der Waals surface area contributed by atoms with Crippen LogP contribution >= 0.6 is 0 Å². The van der Waals surface area contributed by atoms with E-state index in [1.807, 2.05) is 12.1 Å². The fourth-order valence-electron chi connectivity index (χ4n) is 6.58. The van der Waals surface area contributed by atoms with Gasteiger partial charge in [-0.2, -0.15) is 4.57 Å². The Morgan fingerprint density at radius 1 is 0.857 bits per heavy atom. The fourth-order valence-corrected chi connectivity index (χ4v) is 6.58. The summed E-state index contributed by atoms with van der Waals surface area (Å²) < 4.78 is 25.1. The second-order valence-electron chi connectivity index (χ2n) is 12.5. The minimum absolute atomic E-state index is 0.0945. The number of nitrogens with zero attached hydrogens (tertiary/aromatic N) is 3. The molecule has 0 bridgehead atoms. The molecule has 4 aromatic carbocycles. The third-order valence-electron chi connectivity index (χ3n) is 8.83. The summed E-state index contributed by atoms with van der Waals surface area (Å²) in [6.07, 6.45) is -0.0945. The molecule has 0 aliphatic rings. The van der Waals surface area contributed by atoms with E-state index in [0.717, 1.165) is 49.9 Å². The summed E-state index contributed by atoms with van der Waals surface area (Å²) in [6.45, 7) is 15.9. The Hall–Kier alpha value is -4.38. The van der Waals surface area contributed by atoms with Crippen molar-refractivity contribution in [3.63, 3.8) is 0 Å². The van der Waals surface area contributed by atoms with Gasteiger partial charge in [0.15, 0.2) is 28.6 Å². The Kier molecular flexibility index (Phi) is 5.78. The quantitative estimate of drug-likeness (QED) is 0.198. The van der Waals surface area contributed by atoms with Crippen LogP contribution in [0.2, 0.25) is 0 Å². The van der Waals surface area contributed by atoms with Crippen molar-refractivity contribution in [3.05, 3.63) is 89.3 Å². The maximum atomic E-state index is 8.02. The molecular formula is C37H38N3O2+. The number of fused-ring (bicyclic) bond motifs is 6. The minimum Gasteiger partial charge on any atom is -0.455 e. The molecule has 5 heteroatoms.